The van der Waals surface area contributed by atoms with E-state index in [9.17, 15) is 4.53 Å². The minimum atomic E-state index is 0.0553. The predicted octanol–water partition coefficient (Wildman–Crippen LogP) is 3.21. The van der Waals surface area contributed by atoms with E-state index >= 15 is 0 Å². The summed E-state index contributed by atoms with van der Waals surface area (Å²) in [6.45, 7) is 2.11. The molecule has 0 aromatic carbocycles. The van der Waals surface area contributed by atoms with E-state index in [1.807, 2.05) is 0 Å². The highest BCUT2D eigenvalue weighted by Crippen LogP contribution is 2.28. The van der Waals surface area contributed by atoms with E-state index in [-0.39, 0.29) is 6.61 Å². The van der Waals surface area contributed by atoms with Crippen molar-refractivity contribution >= 4 is 11.8 Å². The van der Waals surface area contributed by atoms with Gasteiger partial charge in [-0.25, -0.2) is 0 Å². The maximum atomic E-state index is 11.2. The number of allylic oxidation sites excluding steroid dienone is 4. The summed E-state index contributed by atoms with van der Waals surface area (Å²) < 4.78 is 11.2. The van der Waals surface area contributed by atoms with Crippen molar-refractivity contribution in [2.75, 3.05) is 6.61 Å². The molecule has 1 heterocycles. The van der Waals surface area contributed by atoms with Crippen molar-refractivity contribution in [1.82, 2.24) is 0 Å². The van der Waals surface area contributed by atoms with Gasteiger partial charge in [0, 0.05) is 6.42 Å². The summed E-state index contributed by atoms with van der Waals surface area (Å²) in [5.41, 5.74) is 0. The van der Waals surface area contributed by atoms with Gasteiger partial charge >= 0.3 is 0 Å². The molecule has 0 amide bonds. The largest absolute Gasteiger partial charge is 0.193 e. The van der Waals surface area contributed by atoms with Gasteiger partial charge in [0.2, 0.25) is 0 Å². The first-order chi connectivity index (χ1) is 6.33. The van der Waals surface area contributed by atoms with E-state index in [0.717, 1.165) is 11.3 Å². The van der Waals surface area contributed by atoms with Crippen molar-refractivity contribution in [2.45, 2.75) is 19.8 Å². The van der Waals surface area contributed by atoms with Crippen molar-refractivity contribution in [2.24, 2.45) is 0 Å². The molecule has 0 aromatic heterocycles. The lowest BCUT2D eigenvalue weighted by molar-refractivity contribution is -0.129. The van der Waals surface area contributed by atoms with Crippen LogP contribution in [0.3, 0.4) is 0 Å². The molecular weight excluding hydrogens is 187 g/mol. The highest BCUT2D eigenvalue weighted by molar-refractivity contribution is 8.07. The maximum Gasteiger partial charge on any atom is 0.0985 e. The lowest BCUT2D eigenvalue weighted by Crippen LogP contribution is -1.83. The van der Waals surface area contributed by atoms with Crippen molar-refractivity contribution in [3.05, 3.63) is 22.0 Å². The molecule has 0 bridgehead atoms. The second-order valence-electron chi connectivity index (χ2n) is 2.59. The summed E-state index contributed by atoms with van der Waals surface area (Å²) >= 11 is 1.66. The number of hydrogen-bond donors (Lipinski definition) is 0. The number of hydrogen-bond acceptors (Lipinski definition) is 2. The van der Waals surface area contributed by atoms with Gasteiger partial charge in [0.05, 0.1) is 11.5 Å². The zero-order valence-electron chi connectivity index (χ0n) is 7.47. The zero-order chi connectivity index (χ0) is 9.52. The molecule has 0 N–H and O–H groups in total. The average molecular weight is 198 g/mol. The summed E-state index contributed by atoms with van der Waals surface area (Å²) in [6.07, 6.45) is 5.61. The van der Waals surface area contributed by atoms with Gasteiger partial charge in [0.15, 0.2) is 0 Å². The van der Waals surface area contributed by atoms with Crippen LogP contribution in [0.5, 0.6) is 0 Å². The number of thioether (sulfide) groups is 1. The normalized spacial score (nSPS) is 15.5. The Hall–Kier alpha value is -0.720. The lowest BCUT2D eigenvalue weighted by Gasteiger charge is -2.04. The van der Waals surface area contributed by atoms with Gasteiger partial charge in [-0.1, -0.05) is 35.8 Å². The van der Waals surface area contributed by atoms with Crippen molar-refractivity contribution < 1.29 is 9.47 Å². The van der Waals surface area contributed by atoms with E-state index in [1.165, 1.54) is 4.91 Å². The third kappa shape index (κ3) is 4.16. The predicted molar refractivity (Wildman–Crippen MR) is 53.5 cm³/mol. The summed E-state index contributed by atoms with van der Waals surface area (Å²) in [5, 5.41) is 0. The SMILES string of the molecule is CC1=CCC=C(C#CCCOF)S1. The highest BCUT2D eigenvalue weighted by atomic mass is 32.2. The van der Waals surface area contributed by atoms with Crippen molar-refractivity contribution in [3.8, 4) is 11.8 Å². The molecule has 0 radical (unpaired) electrons. The van der Waals surface area contributed by atoms with Crippen LogP contribution < -0.4 is 0 Å². The minimum absolute atomic E-state index is 0.0553. The highest BCUT2D eigenvalue weighted by Gasteiger charge is 2.00. The van der Waals surface area contributed by atoms with E-state index in [0.29, 0.717) is 6.42 Å². The van der Waals surface area contributed by atoms with Gasteiger partial charge in [-0.2, -0.15) is 4.94 Å². The second kappa shape index (κ2) is 5.85. The summed E-state index contributed by atoms with van der Waals surface area (Å²) in [6, 6.07) is 0. The molecule has 1 aliphatic heterocycles. The van der Waals surface area contributed by atoms with Gasteiger partial charge in [-0.15, -0.1) is 0 Å². The van der Waals surface area contributed by atoms with Crippen LogP contribution in [0.4, 0.5) is 4.53 Å². The van der Waals surface area contributed by atoms with Gasteiger partial charge in [-0.3, -0.25) is 0 Å². The molecule has 1 rings (SSSR count). The fraction of sp³-hybridized carbons (Fsp3) is 0.400. The average Bonchev–Trinajstić information content (AvgIpc) is 2.13. The number of rotatable bonds is 2. The molecular formula is C10H11FOS. The smallest absolute Gasteiger partial charge is 0.0985 e. The molecule has 0 unspecified atom stereocenters. The molecule has 1 aliphatic rings. The summed E-state index contributed by atoms with van der Waals surface area (Å²) in [7, 11) is 0. The van der Waals surface area contributed by atoms with Gasteiger partial charge < -0.3 is 0 Å². The van der Waals surface area contributed by atoms with E-state index in [1.54, 1.807) is 11.8 Å². The first-order valence-electron chi connectivity index (χ1n) is 4.10. The van der Waals surface area contributed by atoms with Crippen molar-refractivity contribution in [1.29, 1.82) is 0 Å². The third-order valence-corrected chi connectivity index (χ3v) is 2.47. The molecule has 0 fully saturated rings. The third-order valence-electron chi connectivity index (χ3n) is 1.50. The topological polar surface area (TPSA) is 9.23 Å². The Morgan fingerprint density at radius 3 is 3.15 bits per heavy atom. The Balaban J connectivity index is 2.35. The Kier molecular flexibility index (Phi) is 4.66. The van der Waals surface area contributed by atoms with E-state index in [4.69, 9.17) is 0 Å². The number of halogens is 1. The minimum Gasteiger partial charge on any atom is -0.193 e. The molecule has 0 saturated heterocycles. The van der Waals surface area contributed by atoms with Gasteiger partial charge in [-0.05, 0) is 22.8 Å². The van der Waals surface area contributed by atoms with Crippen LogP contribution in [-0.2, 0) is 4.94 Å². The quantitative estimate of drug-likeness (QED) is 0.497. The van der Waals surface area contributed by atoms with Crippen LogP contribution in [0.1, 0.15) is 19.8 Å². The molecule has 0 atom stereocenters. The molecule has 70 valence electrons. The molecule has 0 aliphatic carbocycles. The molecule has 1 nitrogen and oxygen atoms in total. The molecule has 3 heteroatoms. The molecule has 0 aromatic rings. The van der Waals surface area contributed by atoms with Crippen LogP contribution >= 0.6 is 11.8 Å². The van der Waals surface area contributed by atoms with Crippen LogP contribution in [0.25, 0.3) is 0 Å². The monoisotopic (exact) mass is 198 g/mol. The molecule has 0 saturated carbocycles. The van der Waals surface area contributed by atoms with Gasteiger partial charge in [0.25, 0.3) is 0 Å². The molecule has 0 spiro atoms. The Labute approximate surface area is 81.9 Å². The second-order valence-corrected chi connectivity index (χ2v) is 3.87. The van der Waals surface area contributed by atoms with Crippen LogP contribution in [0.15, 0.2) is 22.0 Å². The fourth-order valence-corrected chi connectivity index (χ4v) is 1.73. The lowest BCUT2D eigenvalue weighted by atomic mass is 10.3. The maximum absolute atomic E-state index is 11.2. The summed E-state index contributed by atoms with van der Waals surface area (Å²) in [5.74, 6) is 5.82. The standard InChI is InChI=1S/C10H11FOS/c1-9-5-4-7-10(13-9)6-2-3-8-12-11/h5,7H,3-4,8H2,1H3. The zero-order valence-corrected chi connectivity index (χ0v) is 8.29. The summed E-state index contributed by atoms with van der Waals surface area (Å²) in [4.78, 5) is 5.74. The van der Waals surface area contributed by atoms with E-state index in [2.05, 4.69) is 35.9 Å². The first kappa shape index (κ1) is 10.4. The first-order valence-corrected chi connectivity index (χ1v) is 4.92. The van der Waals surface area contributed by atoms with Gasteiger partial charge in [0.1, 0.15) is 0 Å². The Morgan fingerprint density at radius 2 is 2.46 bits per heavy atom. The van der Waals surface area contributed by atoms with Crippen LogP contribution in [0.2, 0.25) is 0 Å². The Bertz CT molecular complexity index is 283. The molecule has 13 heavy (non-hydrogen) atoms. The van der Waals surface area contributed by atoms with Crippen LogP contribution in [0, 0.1) is 11.8 Å². The Morgan fingerprint density at radius 1 is 1.62 bits per heavy atom. The van der Waals surface area contributed by atoms with Crippen LogP contribution in [-0.4, -0.2) is 6.61 Å². The fourth-order valence-electron chi connectivity index (χ4n) is 0.904. The van der Waals surface area contributed by atoms with Crippen molar-refractivity contribution in [3.63, 3.8) is 0 Å². The van der Waals surface area contributed by atoms with E-state index < -0.39 is 0 Å².